The number of nitrogens with zero attached hydrogens (tertiary/aromatic N) is 2. The SMILES string of the molecule is C/C=C(\C)C(N=O)(c1ccc(C)cc1)c1ccc2nc(OC)c(OC(C)C)c(Cl)c2c1. The van der Waals surface area contributed by atoms with Crippen LogP contribution in [0.5, 0.6) is 11.6 Å². The molecule has 0 aliphatic heterocycles. The number of pyridine rings is 1. The first kappa shape index (κ1) is 22.8. The van der Waals surface area contributed by atoms with Crippen molar-refractivity contribution < 1.29 is 9.47 Å². The van der Waals surface area contributed by atoms with Gasteiger partial charge in [-0.25, -0.2) is 4.98 Å². The first-order valence-electron chi connectivity index (χ1n) is 10.2. The molecule has 0 spiro atoms. The van der Waals surface area contributed by atoms with E-state index in [9.17, 15) is 4.91 Å². The summed E-state index contributed by atoms with van der Waals surface area (Å²) in [4.78, 5) is 17.0. The minimum Gasteiger partial charge on any atom is -0.484 e. The van der Waals surface area contributed by atoms with Gasteiger partial charge in [-0.3, -0.25) is 0 Å². The number of allylic oxidation sites excluding steroid dienone is 1. The third-order valence-corrected chi connectivity index (χ3v) is 5.80. The molecule has 0 amide bonds. The molecule has 3 aromatic rings. The number of hydrogen-bond donors (Lipinski definition) is 0. The lowest BCUT2D eigenvalue weighted by atomic mass is 9.77. The molecule has 1 aromatic heterocycles. The third-order valence-electron chi connectivity index (χ3n) is 5.42. The Labute approximate surface area is 188 Å². The van der Waals surface area contributed by atoms with E-state index in [2.05, 4.69) is 10.2 Å². The van der Waals surface area contributed by atoms with Crippen LogP contribution in [0.25, 0.3) is 10.9 Å². The van der Waals surface area contributed by atoms with Crippen LogP contribution in [0.4, 0.5) is 0 Å². The Kier molecular flexibility index (Phi) is 6.65. The van der Waals surface area contributed by atoms with Gasteiger partial charge in [-0.1, -0.05) is 53.6 Å². The van der Waals surface area contributed by atoms with Crippen LogP contribution in [0.2, 0.25) is 5.02 Å². The second kappa shape index (κ2) is 9.06. The van der Waals surface area contributed by atoms with Crippen LogP contribution in [-0.2, 0) is 5.54 Å². The molecule has 1 atom stereocenters. The lowest BCUT2D eigenvalue weighted by Gasteiger charge is -2.29. The summed E-state index contributed by atoms with van der Waals surface area (Å²) in [6.45, 7) is 9.63. The molecule has 3 rings (SSSR count). The number of methoxy groups -OCH3 is 1. The van der Waals surface area contributed by atoms with Gasteiger partial charge in [-0.05, 0) is 68.6 Å². The minimum absolute atomic E-state index is 0.109. The van der Waals surface area contributed by atoms with Crippen molar-refractivity contribution in [3.05, 3.63) is 80.7 Å². The summed E-state index contributed by atoms with van der Waals surface area (Å²) in [5.41, 5.74) is 2.89. The van der Waals surface area contributed by atoms with Gasteiger partial charge in [0.2, 0.25) is 5.75 Å². The highest BCUT2D eigenvalue weighted by atomic mass is 35.5. The van der Waals surface area contributed by atoms with Crippen LogP contribution in [0.15, 0.2) is 59.3 Å². The summed E-state index contributed by atoms with van der Waals surface area (Å²) >= 11 is 6.75. The highest BCUT2D eigenvalue weighted by Crippen LogP contribution is 2.44. The average molecular weight is 439 g/mol. The first-order valence-corrected chi connectivity index (χ1v) is 10.6. The zero-order chi connectivity index (χ0) is 22.8. The monoisotopic (exact) mass is 438 g/mol. The Balaban J connectivity index is 2.33. The van der Waals surface area contributed by atoms with Crippen molar-refractivity contribution in [3.8, 4) is 11.6 Å². The Morgan fingerprint density at radius 2 is 1.81 bits per heavy atom. The number of fused-ring (bicyclic) bond motifs is 1. The molecule has 0 bridgehead atoms. The van der Waals surface area contributed by atoms with Crippen LogP contribution in [0, 0.1) is 11.8 Å². The minimum atomic E-state index is -1.18. The van der Waals surface area contributed by atoms with Gasteiger partial charge in [0.25, 0.3) is 5.88 Å². The molecular weight excluding hydrogens is 412 g/mol. The second-order valence-electron chi connectivity index (χ2n) is 7.80. The zero-order valence-corrected chi connectivity index (χ0v) is 19.4. The number of ether oxygens (including phenoxy) is 2. The Morgan fingerprint density at radius 1 is 1.16 bits per heavy atom. The summed E-state index contributed by atoms with van der Waals surface area (Å²) in [5, 5.41) is 4.72. The summed E-state index contributed by atoms with van der Waals surface area (Å²) in [7, 11) is 1.53. The number of halogens is 1. The summed E-state index contributed by atoms with van der Waals surface area (Å²) < 4.78 is 11.3. The number of aromatic nitrogens is 1. The van der Waals surface area contributed by atoms with Crippen LogP contribution in [0.1, 0.15) is 44.4 Å². The Morgan fingerprint density at radius 3 is 2.35 bits per heavy atom. The van der Waals surface area contributed by atoms with Crippen LogP contribution >= 0.6 is 11.6 Å². The molecule has 1 heterocycles. The molecule has 31 heavy (non-hydrogen) atoms. The number of rotatable bonds is 7. The molecule has 0 saturated carbocycles. The van der Waals surface area contributed by atoms with Crippen molar-refractivity contribution in [3.63, 3.8) is 0 Å². The largest absolute Gasteiger partial charge is 0.484 e. The highest BCUT2D eigenvalue weighted by Gasteiger charge is 2.38. The molecule has 0 aliphatic rings. The molecule has 0 N–H and O–H groups in total. The van der Waals surface area contributed by atoms with E-state index < -0.39 is 5.54 Å². The zero-order valence-electron chi connectivity index (χ0n) is 18.7. The van der Waals surface area contributed by atoms with Gasteiger partial charge in [0.05, 0.1) is 23.8 Å². The number of nitroso groups, excluding NO2 is 1. The first-order chi connectivity index (χ1) is 14.8. The number of benzene rings is 2. The van der Waals surface area contributed by atoms with Crippen LogP contribution in [-0.4, -0.2) is 18.2 Å². The Bertz CT molecular complexity index is 1140. The van der Waals surface area contributed by atoms with Crippen molar-refractivity contribution in [1.82, 2.24) is 4.98 Å². The van der Waals surface area contributed by atoms with E-state index in [-0.39, 0.29) is 6.10 Å². The number of aryl methyl sites for hydroxylation is 1. The van der Waals surface area contributed by atoms with Crippen molar-refractivity contribution in [1.29, 1.82) is 0 Å². The molecule has 5 nitrogen and oxygen atoms in total. The lowest BCUT2D eigenvalue weighted by Crippen LogP contribution is -2.26. The fourth-order valence-corrected chi connectivity index (χ4v) is 3.97. The summed E-state index contributed by atoms with van der Waals surface area (Å²) in [5.74, 6) is 0.702. The van der Waals surface area contributed by atoms with Gasteiger partial charge < -0.3 is 9.47 Å². The van der Waals surface area contributed by atoms with Crippen LogP contribution < -0.4 is 9.47 Å². The predicted octanol–water partition coefficient (Wildman–Crippen LogP) is 6.97. The molecule has 0 radical (unpaired) electrons. The van der Waals surface area contributed by atoms with Crippen LogP contribution in [0.3, 0.4) is 0 Å². The van der Waals surface area contributed by atoms with Crippen molar-refractivity contribution >= 4 is 22.5 Å². The summed E-state index contributed by atoms with van der Waals surface area (Å²) in [6.07, 6.45) is 1.80. The second-order valence-corrected chi connectivity index (χ2v) is 8.18. The van der Waals surface area contributed by atoms with E-state index in [1.165, 1.54) is 7.11 Å². The fraction of sp³-hybridized carbons (Fsp3) is 0.320. The summed E-state index contributed by atoms with van der Waals surface area (Å²) in [6, 6.07) is 13.4. The standard InChI is InChI=1S/C25H27ClN2O3/c1-7-17(5)25(28-29,18-10-8-16(4)9-11-18)19-12-13-21-20(14-19)22(26)23(31-15(2)3)24(27-21)30-6/h7-15H,1-6H3/b17-7+. The van der Waals surface area contributed by atoms with Gasteiger partial charge in [-0.2, -0.15) is 0 Å². The maximum Gasteiger partial charge on any atom is 0.258 e. The molecule has 0 aliphatic carbocycles. The molecule has 1 unspecified atom stereocenters. The number of hydrogen-bond acceptors (Lipinski definition) is 5. The Hall–Kier alpha value is -2.92. The van der Waals surface area contributed by atoms with Gasteiger partial charge >= 0.3 is 0 Å². The quantitative estimate of drug-likeness (QED) is 0.295. The molecular formula is C25H27ClN2O3. The molecule has 6 heteroatoms. The van der Waals surface area contributed by atoms with E-state index in [0.717, 1.165) is 16.7 Å². The highest BCUT2D eigenvalue weighted by molar-refractivity contribution is 6.37. The maximum absolute atomic E-state index is 12.5. The topological polar surface area (TPSA) is 60.8 Å². The average Bonchev–Trinajstić information content (AvgIpc) is 2.77. The molecule has 162 valence electrons. The van der Waals surface area contributed by atoms with E-state index >= 15 is 0 Å². The van der Waals surface area contributed by atoms with Crippen molar-refractivity contribution in [2.24, 2.45) is 5.18 Å². The van der Waals surface area contributed by atoms with Gasteiger partial charge in [0.1, 0.15) is 0 Å². The van der Waals surface area contributed by atoms with Gasteiger partial charge in [0.15, 0.2) is 5.54 Å². The van der Waals surface area contributed by atoms with Gasteiger partial charge in [0, 0.05) is 5.39 Å². The van der Waals surface area contributed by atoms with Crippen molar-refractivity contribution in [2.75, 3.05) is 7.11 Å². The van der Waals surface area contributed by atoms with E-state index in [0.29, 0.717) is 33.1 Å². The molecule has 0 saturated heterocycles. The van der Waals surface area contributed by atoms with Crippen molar-refractivity contribution in [2.45, 2.75) is 46.3 Å². The normalized spacial score (nSPS) is 13.9. The maximum atomic E-state index is 12.5. The van der Waals surface area contributed by atoms with E-state index in [4.69, 9.17) is 21.1 Å². The third kappa shape index (κ3) is 4.02. The fourth-order valence-electron chi connectivity index (χ4n) is 3.69. The van der Waals surface area contributed by atoms with E-state index in [1.807, 2.05) is 83.2 Å². The molecule has 0 fully saturated rings. The molecule has 2 aromatic carbocycles. The van der Waals surface area contributed by atoms with Gasteiger partial charge in [-0.15, -0.1) is 4.91 Å². The lowest BCUT2D eigenvalue weighted by molar-refractivity contribution is 0.228. The predicted molar refractivity (Wildman–Crippen MR) is 126 cm³/mol. The smallest absolute Gasteiger partial charge is 0.258 e. The van der Waals surface area contributed by atoms with E-state index in [1.54, 1.807) is 0 Å².